The smallest absolute Gasteiger partial charge is 0.335 e. The van der Waals surface area contributed by atoms with Crippen LogP contribution in [0.5, 0.6) is 11.5 Å². The largest absolute Gasteiger partial charge is 0.507 e. The third-order valence-corrected chi connectivity index (χ3v) is 8.32. The van der Waals surface area contributed by atoms with Crippen molar-refractivity contribution in [2.75, 3.05) is 0 Å². The number of hydrogen-bond donors (Lipinski definition) is 1. The Morgan fingerprint density at radius 2 is 1.21 bits per heavy atom. The highest BCUT2D eigenvalue weighted by Crippen LogP contribution is 2.49. The second kappa shape index (κ2) is 13.4. The summed E-state index contributed by atoms with van der Waals surface area (Å²) in [6.45, 7) is 32.3. The lowest BCUT2D eigenvalue weighted by atomic mass is 9.73. The molecule has 0 saturated carbocycles. The highest BCUT2D eigenvalue weighted by atomic mass is 16.5. The number of ether oxygens (including phenoxy) is 1. The Morgan fingerprint density at radius 1 is 0.738 bits per heavy atom. The van der Waals surface area contributed by atoms with Crippen molar-refractivity contribution in [3.63, 3.8) is 0 Å². The van der Waals surface area contributed by atoms with E-state index in [4.69, 9.17) is 4.74 Å². The van der Waals surface area contributed by atoms with Crippen molar-refractivity contribution in [2.24, 2.45) is 0 Å². The maximum Gasteiger partial charge on any atom is 0.335 e. The normalized spacial score (nSPS) is 13.6. The van der Waals surface area contributed by atoms with Crippen LogP contribution in [0.25, 0.3) is 0 Å². The zero-order chi connectivity index (χ0) is 32.3. The number of carbonyl (C=O) groups excluding carboxylic acids is 1. The monoisotopic (exact) mass is 576 g/mol. The summed E-state index contributed by atoms with van der Waals surface area (Å²) in [7, 11) is 0. The second-order valence-corrected chi connectivity index (χ2v) is 16.3. The molecular formula is C39H60O3. The third-order valence-electron chi connectivity index (χ3n) is 8.32. The summed E-state index contributed by atoms with van der Waals surface area (Å²) < 4.78 is 6.16. The Bertz CT molecular complexity index is 1240. The summed E-state index contributed by atoms with van der Waals surface area (Å²) >= 11 is 0. The molecule has 0 bridgehead atoms. The van der Waals surface area contributed by atoms with Gasteiger partial charge in [-0.3, -0.25) is 0 Å². The summed E-state index contributed by atoms with van der Waals surface area (Å²) in [6.07, 6.45) is 7.85. The van der Waals surface area contributed by atoms with E-state index in [2.05, 4.69) is 121 Å². The molecule has 0 spiro atoms. The van der Waals surface area contributed by atoms with E-state index in [1.54, 1.807) is 0 Å². The Hall–Kier alpha value is -2.55. The molecule has 0 aromatic heterocycles. The average Bonchev–Trinajstić information content (AvgIpc) is 2.84. The third kappa shape index (κ3) is 8.98. The molecule has 2 rings (SSSR count). The Kier molecular flexibility index (Phi) is 11.4. The number of unbranched alkanes of at least 4 members (excludes halogenated alkanes) is 4. The van der Waals surface area contributed by atoms with Gasteiger partial charge in [0.05, 0.1) is 0 Å². The Morgan fingerprint density at radius 3 is 1.67 bits per heavy atom. The van der Waals surface area contributed by atoms with E-state index in [1.165, 1.54) is 36.5 Å². The molecule has 0 saturated heterocycles. The highest BCUT2D eigenvalue weighted by molar-refractivity contribution is 5.84. The maximum atomic E-state index is 12.8. The van der Waals surface area contributed by atoms with Crippen molar-refractivity contribution in [3.8, 4) is 11.5 Å². The van der Waals surface area contributed by atoms with E-state index < -0.39 is 5.97 Å². The molecule has 0 aliphatic heterocycles. The minimum absolute atomic E-state index is 0.101. The number of carbonyl (C=O) groups is 1. The molecule has 1 unspecified atom stereocenters. The lowest BCUT2D eigenvalue weighted by Crippen LogP contribution is -2.22. The molecule has 0 aliphatic carbocycles. The number of phenols is 1. The molecule has 0 amide bonds. The zero-order valence-electron chi connectivity index (χ0n) is 29.2. The summed E-state index contributed by atoms with van der Waals surface area (Å²) in [5, 5.41) is 12.0. The highest BCUT2D eigenvalue weighted by Gasteiger charge is 2.33. The number of benzene rings is 2. The maximum absolute atomic E-state index is 12.8. The predicted molar refractivity (Wildman–Crippen MR) is 180 cm³/mol. The van der Waals surface area contributed by atoms with Gasteiger partial charge in [-0.1, -0.05) is 153 Å². The molecule has 0 fully saturated rings. The Balaban J connectivity index is 3.08. The molecule has 2 aromatic carbocycles. The zero-order valence-corrected chi connectivity index (χ0v) is 29.2. The summed E-state index contributed by atoms with van der Waals surface area (Å²) in [4.78, 5) is 12.8. The van der Waals surface area contributed by atoms with Crippen LogP contribution < -0.4 is 4.74 Å². The predicted octanol–water partition coefficient (Wildman–Crippen LogP) is 11.2. The minimum atomic E-state index is -0.463. The molecule has 1 atom stereocenters. The number of aromatic hydroxyl groups is 1. The van der Waals surface area contributed by atoms with Gasteiger partial charge in [0, 0.05) is 28.7 Å². The van der Waals surface area contributed by atoms with Gasteiger partial charge in [-0.15, -0.1) is 0 Å². The topological polar surface area (TPSA) is 46.5 Å². The SMILES string of the molecule is C=CC(=O)Oc1c(C(CCCCCCC)c2cc(C(C)(C)C)cc(C(C)(C)C)c2O)cc(C(C)(C)C)cc1C(C)(C)C. The number of phenolic OH excluding ortho intramolecular Hbond substituents is 1. The van der Waals surface area contributed by atoms with Crippen molar-refractivity contribution in [2.45, 2.75) is 156 Å². The van der Waals surface area contributed by atoms with Crippen molar-refractivity contribution in [3.05, 3.63) is 70.3 Å². The fourth-order valence-electron chi connectivity index (χ4n) is 5.51. The van der Waals surface area contributed by atoms with Gasteiger partial charge in [-0.25, -0.2) is 4.79 Å². The van der Waals surface area contributed by atoms with Gasteiger partial charge in [0.15, 0.2) is 0 Å². The van der Waals surface area contributed by atoms with Gasteiger partial charge >= 0.3 is 5.97 Å². The second-order valence-electron chi connectivity index (χ2n) is 16.3. The van der Waals surface area contributed by atoms with E-state index in [0.29, 0.717) is 11.5 Å². The average molecular weight is 577 g/mol. The van der Waals surface area contributed by atoms with Crippen molar-refractivity contribution in [1.82, 2.24) is 0 Å². The van der Waals surface area contributed by atoms with Crippen LogP contribution in [0.1, 0.15) is 168 Å². The molecule has 1 N–H and O–H groups in total. The quantitative estimate of drug-likeness (QED) is 0.132. The number of rotatable bonds is 10. The van der Waals surface area contributed by atoms with Crippen LogP contribution in [-0.4, -0.2) is 11.1 Å². The first-order valence-corrected chi connectivity index (χ1v) is 16.0. The fourth-order valence-corrected chi connectivity index (χ4v) is 5.51. The first-order chi connectivity index (χ1) is 19.1. The van der Waals surface area contributed by atoms with Crippen molar-refractivity contribution >= 4 is 5.97 Å². The minimum Gasteiger partial charge on any atom is -0.507 e. The van der Waals surface area contributed by atoms with Crippen LogP contribution in [0.15, 0.2) is 36.9 Å². The van der Waals surface area contributed by atoms with Gasteiger partial charge in [0.2, 0.25) is 0 Å². The number of hydrogen-bond acceptors (Lipinski definition) is 3. The first kappa shape index (κ1) is 35.6. The van der Waals surface area contributed by atoms with E-state index >= 15 is 0 Å². The summed E-state index contributed by atoms with van der Waals surface area (Å²) in [5.74, 6) is 0.353. The standard InChI is InChI=1S/C39H60O3/c1-15-17-18-19-20-21-28(29-22-26(36(3,4)5)24-31(34(29)41)38(9,10)11)30-23-27(37(6,7)8)25-32(39(12,13)14)35(30)42-33(40)16-2/h16,22-25,28,41H,2,15,17-21H2,1,3-14H3. The molecule has 0 heterocycles. The van der Waals surface area contributed by atoms with Gasteiger partial charge < -0.3 is 9.84 Å². The molecule has 3 nitrogen and oxygen atoms in total. The molecule has 3 heteroatoms. The van der Waals surface area contributed by atoms with Crippen LogP contribution >= 0.6 is 0 Å². The van der Waals surface area contributed by atoms with Crippen molar-refractivity contribution in [1.29, 1.82) is 0 Å². The molecule has 42 heavy (non-hydrogen) atoms. The molecule has 234 valence electrons. The van der Waals surface area contributed by atoms with E-state index in [-0.39, 0.29) is 27.6 Å². The van der Waals surface area contributed by atoms with Crippen LogP contribution in [0.4, 0.5) is 0 Å². The fraction of sp³-hybridized carbons (Fsp3) is 0.615. The van der Waals surface area contributed by atoms with E-state index in [0.717, 1.165) is 41.5 Å². The van der Waals surface area contributed by atoms with Crippen LogP contribution in [0.2, 0.25) is 0 Å². The van der Waals surface area contributed by atoms with Crippen LogP contribution in [0, 0.1) is 0 Å². The molecule has 0 radical (unpaired) electrons. The van der Waals surface area contributed by atoms with Gasteiger partial charge in [0.1, 0.15) is 11.5 Å². The van der Waals surface area contributed by atoms with Crippen molar-refractivity contribution < 1.29 is 14.6 Å². The van der Waals surface area contributed by atoms with Gasteiger partial charge in [-0.05, 0) is 44.8 Å². The van der Waals surface area contributed by atoms with Crippen LogP contribution in [0.3, 0.4) is 0 Å². The first-order valence-electron chi connectivity index (χ1n) is 16.0. The summed E-state index contributed by atoms with van der Waals surface area (Å²) in [6, 6.07) is 8.83. The van der Waals surface area contributed by atoms with E-state index in [1.807, 2.05) is 0 Å². The van der Waals surface area contributed by atoms with Gasteiger partial charge in [0.25, 0.3) is 0 Å². The lowest BCUT2D eigenvalue weighted by molar-refractivity contribution is -0.129. The van der Waals surface area contributed by atoms with E-state index in [9.17, 15) is 9.90 Å². The molecule has 2 aromatic rings. The molecule has 0 aliphatic rings. The lowest BCUT2D eigenvalue weighted by Gasteiger charge is -2.33. The summed E-state index contributed by atoms with van der Waals surface area (Å²) in [5.41, 5.74) is 5.50. The van der Waals surface area contributed by atoms with Gasteiger partial charge in [-0.2, -0.15) is 0 Å². The molecular weight excluding hydrogens is 516 g/mol. The Labute approximate surface area is 258 Å². The number of esters is 1. The van der Waals surface area contributed by atoms with Crippen LogP contribution in [-0.2, 0) is 26.5 Å².